The predicted molar refractivity (Wildman–Crippen MR) is 237 cm³/mol. The number of rotatable bonds is 7. The highest BCUT2D eigenvalue weighted by molar-refractivity contribution is 6.15. The predicted octanol–water partition coefficient (Wildman–Crippen LogP) is 15.6. The van der Waals surface area contributed by atoms with Crippen LogP contribution in [0, 0.1) is 0 Å². The van der Waals surface area contributed by atoms with Crippen LogP contribution < -0.4 is 4.90 Å². The Hall–Kier alpha value is -7.62. The molecule has 0 amide bonds. The molecular weight excluding hydrogens is 695 g/mol. The Morgan fingerprint density at radius 1 is 0.281 bits per heavy atom. The number of nitrogens with zero attached hydrogens (tertiary/aromatic N) is 1. The first-order chi connectivity index (χ1) is 28.3. The molecule has 0 fully saturated rings. The molecule has 0 N–H and O–H groups in total. The van der Waals surface area contributed by atoms with Crippen molar-refractivity contribution in [2.45, 2.75) is 0 Å². The van der Waals surface area contributed by atoms with E-state index in [1.54, 1.807) is 0 Å². The average molecular weight is 730 g/mol. The number of furan rings is 2. The highest BCUT2D eigenvalue weighted by Crippen LogP contribution is 2.50. The van der Waals surface area contributed by atoms with Crippen LogP contribution in [-0.4, -0.2) is 0 Å². The number of benzene rings is 9. The van der Waals surface area contributed by atoms with E-state index in [0.29, 0.717) is 0 Å². The molecular formula is C54H35NO2. The third-order valence-corrected chi connectivity index (χ3v) is 11.1. The van der Waals surface area contributed by atoms with E-state index in [1.807, 2.05) is 18.2 Å². The Balaban J connectivity index is 1.20. The molecule has 0 aliphatic rings. The van der Waals surface area contributed by atoms with Gasteiger partial charge in [-0.1, -0.05) is 164 Å². The van der Waals surface area contributed by atoms with Gasteiger partial charge in [0.2, 0.25) is 0 Å². The summed E-state index contributed by atoms with van der Waals surface area (Å²) >= 11 is 0. The summed E-state index contributed by atoms with van der Waals surface area (Å²) in [5.74, 6) is 0. The fourth-order valence-electron chi connectivity index (χ4n) is 8.59. The lowest BCUT2D eigenvalue weighted by atomic mass is 9.87. The van der Waals surface area contributed by atoms with E-state index in [-0.39, 0.29) is 0 Å². The molecule has 0 bridgehead atoms. The quantitative estimate of drug-likeness (QED) is 0.164. The molecule has 0 unspecified atom stereocenters. The van der Waals surface area contributed by atoms with Crippen LogP contribution in [0.1, 0.15) is 0 Å². The van der Waals surface area contributed by atoms with Gasteiger partial charge in [-0.25, -0.2) is 0 Å². The van der Waals surface area contributed by atoms with E-state index in [4.69, 9.17) is 8.83 Å². The zero-order valence-electron chi connectivity index (χ0n) is 31.0. The Kier molecular flexibility index (Phi) is 7.82. The van der Waals surface area contributed by atoms with Gasteiger partial charge in [0.1, 0.15) is 22.3 Å². The Morgan fingerprint density at radius 3 is 1.44 bits per heavy atom. The molecule has 3 heteroatoms. The number of anilines is 3. The van der Waals surface area contributed by atoms with Gasteiger partial charge in [-0.05, 0) is 87.5 Å². The van der Waals surface area contributed by atoms with Gasteiger partial charge in [0.25, 0.3) is 0 Å². The van der Waals surface area contributed by atoms with Crippen molar-refractivity contribution in [3.05, 3.63) is 212 Å². The van der Waals surface area contributed by atoms with Crippen molar-refractivity contribution in [3.63, 3.8) is 0 Å². The van der Waals surface area contributed by atoms with Crippen molar-refractivity contribution in [3.8, 4) is 44.5 Å². The minimum absolute atomic E-state index is 0.847. The van der Waals surface area contributed by atoms with Gasteiger partial charge in [0.15, 0.2) is 0 Å². The zero-order valence-corrected chi connectivity index (χ0v) is 31.0. The van der Waals surface area contributed by atoms with E-state index in [0.717, 1.165) is 94.3 Å². The summed E-state index contributed by atoms with van der Waals surface area (Å²) in [5, 5.41) is 4.39. The van der Waals surface area contributed by atoms with Gasteiger partial charge in [-0.15, -0.1) is 0 Å². The smallest absolute Gasteiger partial charge is 0.137 e. The van der Waals surface area contributed by atoms with Crippen LogP contribution in [-0.2, 0) is 0 Å². The van der Waals surface area contributed by atoms with Crippen molar-refractivity contribution in [2.75, 3.05) is 4.90 Å². The molecule has 3 nitrogen and oxygen atoms in total. The maximum atomic E-state index is 6.51. The number of para-hydroxylation sites is 2. The lowest BCUT2D eigenvalue weighted by Gasteiger charge is -2.30. The van der Waals surface area contributed by atoms with Crippen LogP contribution in [0.15, 0.2) is 221 Å². The third kappa shape index (κ3) is 5.51. The summed E-state index contributed by atoms with van der Waals surface area (Å²) in [6.45, 7) is 0. The van der Waals surface area contributed by atoms with Gasteiger partial charge in [-0.2, -0.15) is 0 Å². The van der Waals surface area contributed by atoms with Gasteiger partial charge in [0.05, 0.1) is 16.8 Å². The SMILES string of the molecule is c1ccc(-c2ccccc2-c2c(-c3ccccc3)cccc2N(c2ccc(-c3cccc4oc5ccccc5c34)cc2)c2cccc3oc4ccccc4c23)cc1. The molecule has 0 saturated carbocycles. The molecule has 2 aromatic heterocycles. The van der Waals surface area contributed by atoms with Crippen LogP contribution in [0.5, 0.6) is 0 Å². The molecule has 9 aromatic carbocycles. The first kappa shape index (κ1) is 32.8. The van der Waals surface area contributed by atoms with Gasteiger partial charge in [-0.3, -0.25) is 0 Å². The first-order valence-electron chi connectivity index (χ1n) is 19.3. The zero-order chi connectivity index (χ0) is 37.7. The Bertz CT molecular complexity index is 3230. The second-order valence-electron chi connectivity index (χ2n) is 14.4. The molecule has 0 aliphatic heterocycles. The summed E-state index contributed by atoms with van der Waals surface area (Å²) in [7, 11) is 0. The standard InChI is InChI=1S/C54H35NO2/c1-3-16-36(17-4-1)40-20-7-8-21-43(40)52-41(37-18-5-2-6-19-37)24-13-26-46(52)55(47-27-15-31-51-54(47)45-23-10-12-29-49(45)57-51)39-34-32-38(33-35-39)42-25-14-30-50-53(42)44-22-9-11-28-48(44)56-50/h1-35H. The molecule has 0 saturated heterocycles. The topological polar surface area (TPSA) is 29.5 Å². The molecule has 11 aromatic rings. The van der Waals surface area contributed by atoms with E-state index in [9.17, 15) is 0 Å². The fraction of sp³-hybridized carbons (Fsp3) is 0. The summed E-state index contributed by atoms with van der Waals surface area (Å²) in [6.07, 6.45) is 0. The molecule has 11 rings (SSSR count). The largest absolute Gasteiger partial charge is 0.456 e. The molecule has 57 heavy (non-hydrogen) atoms. The lowest BCUT2D eigenvalue weighted by Crippen LogP contribution is -2.12. The minimum atomic E-state index is 0.847. The van der Waals surface area contributed by atoms with Gasteiger partial charge >= 0.3 is 0 Å². The molecule has 0 radical (unpaired) electrons. The minimum Gasteiger partial charge on any atom is -0.456 e. The van der Waals surface area contributed by atoms with Crippen molar-refractivity contribution < 1.29 is 8.83 Å². The van der Waals surface area contributed by atoms with E-state index in [1.165, 1.54) is 11.1 Å². The van der Waals surface area contributed by atoms with Gasteiger partial charge in [0, 0.05) is 27.4 Å². The molecule has 268 valence electrons. The van der Waals surface area contributed by atoms with Crippen LogP contribution in [0.3, 0.4) is 0 Å². The van der Waals surface area contributed by atoms with E-state index >= 15 is 0 Å². The normalized spacial score (nSPS) is 11.5. The summed E-state index contributed by atoms with van der Waals surface area (Å²) in [5.41, 5.74) is 15.8. The molecule has 0 atom stereocenters. The lowest BCUT2D eigenvalue weighted by molar-refractivity contribution is 0.668. The number of fused-ring (bicyclic) bond motifs is 6. The second-order valence-corrected chi connectivity index (χ2v) is 14.4. The van der Waals surface area contributed by atoms with Crippen LogP contribution in [0.2, 0.25) is 0 Å². The van der Waals surface area contributed by atoms with Crippen molar-refractivity contribution in [2.24, 2.45) is 0 Å². The van der Waals surface area contributed by atoms with Crippen molar-refractivity contribution in [1.29, 1.82) is 0 Å². The Morgan fingerprint density at radius 2 is 0.737 bits per heavy atom. The average Bonchev–Trinajstić information content (AvgIpc) is 3.87. The first-order valence-corrected chi connectivity index (χ1v) is 19.3. The highest BCUT2D eigenvalue weighted by Gasteiger charge is 2.25. The molecule has 0 aliphatic carbocycles. The summed E-state index contributed by atoms with van der Waals surface area (Å²) < 4.78 is 12.8. The summed E-state index contributed by atoms with van der Waals surface area (Å²) in [6, 6.07) is 75.2. The van der Waals surface area contributed by atoms with Crippen LogP contribution >= 0.6 is 0 Å². The number of hydrogen-bond donors (Lipinski definition) is 0. The van der Waals surface area contributed by atoms with Crippen molar-refractivity contribution in [1.82, 2.24) is 0 Å². The molecule has 0 spiro atoms. The number of hydrogen-bond acceptors (Lipinski definition) is 3. The molecule has 2 heterocycles. The van der Waals surface area contributed by atoms with E-state index < -0.39 is 0 Å². The van der Waals surface area contributed by atoms with E-state index in [2.05, 4.69) is 199 Å². The van der Waals surface area contributed by atoms with Gasteiger partial charge < -0.3 is 13.7 Å². The van der Waals surface area contributed by atoms with Crippen LogP contribution in [0.25, 0.3) is 88.4 Å². The Labute approximate surface area is 330 Å². The van der Waals surface area contributed by atoms with Crippen LogP contribution in [0.4, 0.5) is 17.1 Å². The third-order valence-electron chi connectivity index (χ3n) is 11.1. The highest BCUT2D eigenvalue weighted by atomic mass is 16.3. The maximum Gasteiger partial charge on any atom is 0.137 e. The summed E-state index contributed by atoms with van der Waals surface area (Å²) in [4.78, 5) is 2.42. The fourth-order valence-corrected chi connectivity index (χ4v) is 8.59. The monoisotopic (exact) mass is 729 g/mol. The van der Waals surface area contributed by atoms with Crippen molar-refractivity contribution >= 4 is 60.9 Å². The maximum absolute atomic E-state index is 6.51. The second kappa shape index (κ2) is 13.6.